The summed E-state index contributed by atoms with van der Waals surface area (Å²) in [7, 11) is 0. The summed E-state index contributed by atoms with van der Waals surface area (Å²) in [6.07, 6.45) is 11.4. The number of hydrogen-bond acceptors (Lipinski definition) is 2. The van der Waals surface area contributed by atoms with Crippen LogP contribution >= 0.6 is 0 Å². The van der Waals surface area contributed by atoms with Gasteiger partial charge in [0.05, 0.1) is 12.5 Å². The van der Waals surface area contributed by atoms with Crippen LogP contribution in [0.15, 0.2) is 24.8 Å². The van der Waals surface area contributed by atoms with Crippen LogP contribution in [0.3, 0.4) is 0 Å². The number of allylic oxidation sites excluding steroid dienone is 1. The summed E-state index contributed by atoms with van der Waals surface area (Å²) < 4.78 is 19.4. The largest absolute Gasteiger partial charge is 0.465 e. The van der Waals surface area contributed by atoms with E-state index >= 15 is 0 Å². The quantitative estimate of drug-likeness (QED) is 0.612. The maximum Gasteiger partial charge on any atom is 0.308 e. The fourth-order valence-electron chi connectivity index (χ4n) is 4.36. The molecule has 2 aliphatic rings. The van der Waals surface area contributed by atoms with E-state index in [2.05, 4.69) is 6.58 Å². The first-order valence-electron chi connectivity index (χ1n) is 10.3. The number of esters is 1. The first-order valence-corrected chi connectivity index (χ1v) is 10.3. The molecule has 0 spiro atoms. The number of rotatable bonds is 3. The molecule has 0 aromatic heterocycles. The van der Waals surface area contributed by atoms with E-state index in [-0.39, 0.29) is 17.7 Å². The van der Waals surface area contributed by atoms with Crippen molar-refractivity contribution < 1.29 is 13.9 Å². The van der Waals surface area contributed by atoms with E-state index in [0.717, 1.165) is 48.8 Å². The predicted molar refractivity (Wildman–Crippen MR) is 103 cm³/mol. The molecule has 0 N–H and O–H groups in total. The minimum Gasteiger partial charge on any atom is -0.465 e. The lowest BCUT2D eigenvalue weighted by Gasteiger charge is -2.23. The molecule has 1 unspecified atom stereocenters. The summed E-state index contributed by atoms with van der Waals surface area (Å²) in [4.78, 5) is 12.6. The standard InChI is InChI=1S/C23H31FO2/c1-17-7-5-6-10-19(11-12-20-15-21(24)13-14-22(17)20)23(25)26-16-18-8-3-2-4-9-18/h13-15,18-19H,1-12,16H2. The average molecular weight is 358 g/mol. The molecule has 0 amide bonds. The average Bonchev–Trinajstić information content (AvgIpc) is 2.66. The smallest absolute Gasteiger partial charge is 0.308 e. The Morgan fingerprint density at radius 3 is 2.62 bits per heavy atom. The summed E-state index contributed by atoms with van der Waals surface area (Å²) >= 11 is 0. The van der Waals surface area contributed by atoms with E-state index in [1.165, 1.54) is 38.2 Å². The SMILES string of the molecule is C=C1CCCCC(C(=O)OCC2CCCCC2)CCc2cc(F)ccc21. The predicted octanol–water partition coefficient (Wildman–Crippen LogP) is 6.09. The van der Waals surface area contributed by atoms with Gasteiger partial charge in [-0.25, -0.2) is 4.39 Å². The van der Waals surface area contributed by atoms with E-state index in [0.29, 0.717) is 18.9 Å². The van der Waals surface area contributed by atoms with E-state index < -0.39 is 0 Å². The zero-order chi connectivity index (χ0) is 18.4. The molecule has 0 radical (unpaired) electrons. The van der Waals surface area contributed by atoms with Gasteiger partial charge in [0.25, 0.3) is 0 Å². The van der Waals surface area contributed by atoms with Crippen LogP contribution < -0.4 is 0 Å². The highest BCUT2D eigenvalue weighted by Gasteiger charge is 2.23. The van der Waals surface area contributed by atoms with Crippen molar-refractivity contribution in [2.45, 2.75) is 70.6 Å². The van der Waals surface area contributed by atoms with Crippen LogP contribution in [0.5, 0.6) is 0 Å². The summed E-state index contributed by atoms with van der Waals surface area (Å²) in [5.74, 6) is 0.212. The Balaban J connectivity index is 1.62. The maximum atomic E-state index is 13.7. The molecule has 0 bridgehead atoms. The van der Waals surface area contributed by atoms with E-state index in [1.807, 2.05) is 6.07 Å². The van der Waals surface area contributed by atoms with Gasteiger partial charge in [-0.2, -0.15) is 0 Å². The van der Waals surface area contributed by atoms with Crippen LogP contribution in [0.1, 0.15) is 75.3 Å². The molecule has 3 heteroatoms. The number of aryl methyl sites for hydroxylation is 1. The van der Waals surface area contributed by atoms with Gasteiger partial charge in [0.1, 0.15) is 5.82 Å². The number of ether oxygens (including phenoxy) is 1. The number of halogens is 1. The fraction of sp³-hybridized carbons (Fsp3) is 0.609. The van der Waals surface area contributed by atoms with E-state index in [9.17, 15) is 9.18 Å². The molecule has 1 atom stereocenters. The first-order chi connectivity index (χ1) is 12.6. The van der Waals surface area contributed by atoms with Crippen LogP contribution in [0.2, 0.25) is 0 Å². The Morgan fingerprint density at radius 2 is 1.81 bits per heavy atom. The summed E-state index contributed by atoms with van der Waals surface area (Å²) in [6.45, 7) is 4.76. The van der Waals surface area contributed by atoms with Gasteiger partial charge in [-0.05, 0) is 79.7 Å². The van der Waals surface area contributed by atoms with Gasteiger partial charge >= 0.3 is 5.97 Å². The van der Waals surface area contributed by atoms with Crippen molar-refractivity contribution in [3.63, 3.8) is 0 Å². The highest BCUT2D eigenvalue weighted by molar-refractivity contribution is 5.72. The highest BCUT2D eigenvalue weighted by Crippen LogP contribution is 2.30. The third-order valence-corrected chi connectivity index (χ3v) is 6.01. The second-order valence-corrected chi connectivity index (χ2v) is 8.02. The van der Waals surface area contributed by atoms with Gasteiger partial charge in [-0.15, -0.1) is 0 Å². The van der Waals surface area contributed by atoms with Gasteiger partial charge in [0.15, 0.2) is 0 Å². The van der Waals surface area contributed by atoms with Crippen molar-refractivity contribution in [2.75, 3.05) is 6.61 Å². The minimum atomic E-state index is -0.218. The van der Waals surface area contributed by atoms with Gasteiger partial charge in [0.2, 0.25) is 0 Å². The lowest BCUT2D eigenvalue weighted by molar-refractivity contribution is -0.150. The summed E-state index contributed by atoms with van der Waals surface area (Å²) in [6, 6.07) is 4.95. The minimum absolute atomic E-state index is 0.0482. The molecule has 3 rings (SSSR count). The summed E-state index contributed by atoms with van der Waals surface area (Å²) in [5, 5.41) is 0. The molecule has 26 heavy (non-hydrogen) atoms. The molecule has 1 saturated carbocycles. The Morgan fingerprint density at radius 1 is 1.04 bits per heavy atom. The molecule has 1 aromatic carbocycles. The zero-order valence-electron chi connectivity index (χ0n) is 15.8. The zero-order valence-corrected chi connectivity index (χ0v) is 15.8. The molecule has 1 fully saturated rings. The Kier molecular flexibility index (Phi) is 6.87. The number of fused-ring (bicyclic) bond motifs is 1. The van der Waals surface area contributed by atoms with E-state index in [4.69, 9.17) is 4.74 Å². The van der Waals surface area contributed by atoms with Crippen LogP contribution in [-0.4, -0.2) is 12.6 Å². The molecule has 0 saturated heterocycles. The first kappa shape index (κ1) is 19.1. The molecule has 2 aliphatic carbocycles. The lowest BCUT2D eigenvalue weighted by atomic mass is 9.87. The third-order valence-electron chi connectivity index (χ3n) is 6.01. The second-order valence-electron chi connectivity index (χ2n) is 8.02. The summed E-state index contributed by atoms with van der Waals surface area (Å²) in [5.41, 5.74) is 3.11. The topological polar surface area (TPSA) is 26.3 Å². The van der Waals surface area contributed by atoms with Gasteiger partial charge in [-0.3, -0.25) is 4.79 Å². The van der Waals surface area contributed by atoms with E-state index in [1.54, 1.807) is 6.07 Å². The fourth-order valence-corrected chi connectivity index (χ4v) is 4.36. The molecule has 0 heterocycles. The van der Waals surface area contributed by atoms with Crippen LogP contribution in [0.4, 0.5) is 4.39 Å². The van der Waals surface area contributed by atoms with Crippen molar-refractivity contribution in [3.8, 4) is 0 Å². The molecule has 1 aromatic rings. The van der Waals surface area contributed by atoms with Crippen LogP contribution in [-0.2, 0) is 16.0 Å². The molecular weight excluding hydrogens is 327 g/mol. The number of benzene rings is 1. The number of carbonyl (C=O) groups excluding carboxylic acids is 1. The van der Waals surface area contributed by atoms with Crippen molar-refractivity contribution >= 4 is 11.5 Å². The number of carbonyl (C=O) groups is 1. The Bertz CT molecular complexity index is 631. The van der Waals surface area contributed by atoms with Crippen molar-refractivity contribution in [2.24, 2.45) is 11.8 Å². The van der Waals surface area contributed by atoms with Crippen LogP contribution in [0, 0.1) is 17.7 Å². The second kappa shape index (κ2) is 9.34. The third kappa shape index (κ3) is 5.18. The normalized spacial score (nSPS) is 22.5. The number of hydrogen-bond donors (Lipinski definition) is 0. The molecular formula is C23H31FO2. The Labute approximate surface area is 156 Å². The maximum absolute atomic E-state index is 13.7. The molecule has 0 aliphatic heterocycles. The van der Waals surface area contributed by atoms with Gasteiger partial charge < -0.3 is 4.74 Å². The van der Waals surface area contributed by atoms with Gasteiger partial charge in [0, 0.05) is 0 Å². The highest BCUT2D eigenvalue weighted by atomic mass is 19.1. The monoisotopic (exact) mass is 358 g/mol. The van der Waals surface area contributed by atoms with Crippen LogP contribution in [0.25, 0.3) is 5.57 Å². The van der Waals surface area contributed by atoms with Crippen molar-refractivity contribution in [1.82, 2.24) is 0 Å². The molecule has 142 valence electrons. The Hall–Kier alpha value is -1.64. The van der Waals surface area contributed by atoms with Crippen molar-refractivity contribution in [1.29, 1.82) is 0 Å². The van der Waals surface area contributed by atoms with Crippen molar-refractivity contribution in [3.05, 3.63) is 41.7 Å². The molecule has 2 nitrogen and oxygen atoms in total. The lowest BCUT2D eigenvalue weighted by Crippen LogP contribution is -2.23. The van der Waals surface area contributed by atoms with Gasteiger partial charge in [-0.1, -0.05) is 38.3 Å².